The molecule has 4 heteroatoms. The first-order valence-corrected chi connectivity index (χ1v) is 7.95. The molecule has 4 nitrogen and oxygen atoms in total. The van der Waals surface area contributed by atoms with Crippen molar-refractivity contribution in [3.63, 3.8) is 0 Å². The van der Waals surface area contributed by atoms with Gasteiger partial charge in [0.1, 0.15) is 0 Å². The van der Waals surface area contributed by atoms with Crippen molar-refractivity contribution in [2.24, 2.45) is 5.73 Å². The summed E-state index contributed by atoms with van der Waals surface area (Å²) in [5.74, 6) is 0.257. The van der Waals surface area contributed by atoms with Crippen LogP contribution in [0.3, 0.4) is 0 Å². The molecule has 2 N–H and O–H groups in total. The molecule has 1 rings (SSSR count). The van der Waals surface area contributed by atoms with Gasteiger partial charge in [-0.1, -0.05) is 30.3 Å². The number of rotatable bonds is 10. The molecule has 0 saturated heterocycles. The molecule has 118 valence electrons. The first-order valence-electron chi connectivity index (χ1n) is 7.95. The van der Waals surface area contributed by atoms with E-state index in [0.29, 0.717) is 13.0 Å². The Morgan fingerprint density at radius 2 is 1.76 bits per heavy atom. The van der Waals surface area contributed by atoms with Crippen LogP contribution in [0.5, 0.6) is 0 Å². The number of nitrogens with zero attached hydrogens (tertiary/aromatic N) is 2. The third-order valence-electron chi connectivity index (χ3n) is 3.68. The Balaban J connectivity index is 2.39. The Morgan fingerprint density at radius 3 is 2.33 bits per heavy atom. The average Bonchev–Trinajstić information content (AvgIpc) is 2.49. The van der Waals surface area contributed by atoms with Gasteiger partial charge in [-0.2, -0.15) is 0 Å². The van der Waals surface area contributed by atoms with E-state index < -0.39 is 0 Å². The Hall–Kier alpha value is -1.39. The highest BCUT2D eigenvalue weighted by molar-refractivity contribution is 5.76. The van der Waals surface area contributed by atoms with Crippen molar-refractivity contribution >= 4 is 5.91 Å². The zero-order valence-corrected chi connectivity index (χ0v) is 13.4. The summed E-state index contributed by atoms with van der Waals surface area (Å²) < 4.78 is 0. The van der Waals surface area contributed by atoms with Crippen molar-refractivity contribution in [1.29, 1.82) is 0 Å². The number of hydrogen-bond donors (Lipinski definition) is 1. The molecule has 0 saturated carbocycles. The quantitative estimate of drug-likeness (QED) is 0.718. The smallest absolute Gasteiger partial charge is 0.222 e. The zero-order chi connectivity index (χ0) is 15.5. The fourth-order valence-electron chi connectivity index (χ4n) is 2.48. The molecule has 0 aliphatic carbocycles. The summed E-state index contributed by atoms with van der Waals surface area (Å²) in [6.45, 7) is 8.98. The van der Waals surface area contributed by atoms with Gasteiger partial charge in [0.05, 0.1) is 0 Å². The number of hydrogen-bond acceptors (Lipinski definition) is 3. The third-order valence-corrected chi connectivity index (χ3v) is 3.68. The van der Waals surface area contributed by atoms with Crippen molar-refractivity contribution in [2.45, 2.75) is 33.2 Å². The monoisotopic (exact) mass is 291 g/mol. The lowest BCUT2D eigenvalue weighted by atomic mass is 10.2. The summed E-state index contributed by atoms with van der Waals surface area (Å²) >= 11 is 0. The third kappa shape index (κ3) is 6.74. The minimum atomic E-state index is 0.257. The maximum Gasteiger partial charge on any atom is 0.222 e. The van der Waals surface area contributed by atoms with Gasteiger partial charge >= 0.3 is 0 Å². The number of amides is 1. The standard InChI is InChI=1S/C17H29N3O/c1-3-20(4-2)17(21)11-8-13-19(14-12-18)15-16-9-6-5-7-10-16/h5-7,9-10H,3-4,8,11-15,18H2,1-2H3. The molecule has 0 aromatic heterocycles. The SMILES string of the molecule is CCN(CC)C(=O)CCCN(CCN)Cc1ccccc1. The van der Waals surface area contributed by atoms with Crippen molar-refractivity contribution < 1.29 is 4.79 Å². The zero-order valence-electron chi connectivity index (χ0n) is 13.4. The highest BCUT2D eigenvalue weighted by atomic mass is 16.2. The van der Waals surface area contributed by atoms with Gasteiger partial charge in [0.15, 0.2) is 0 Å². The van der Waals surface area contributed by atoms with Gasteiger partial charge in [-0.05, 0) is 32.4 Å². The Kier molecular flexibility index (Phi) is 8.71. The van der Waals surface area contributed by atoms with Crippen LogP contribution in [0.1, 0.15) is 32.3 Å². The molecule has 0 aliphatic rings. The molecule has 1 amide bonds. The Labute approximate surface area is 128 Å². The van der Waals surface area contributed by atoms with Gasteiger partial charge in [-0.3, -0.25) is 9.69 Å². The summed E-state index contributed by atoms with van der Waals surface area (Å²) in [5, 5.41) is 0. The Morgan fingerprint density at radius 1 is 1.10 bits per heavy atom. The molecule has 0 radical (unpaired) electrons. The summed E-state index contributed by atoms with van der Waals surface area (Å²) in [6, 6.07) is 10.4. The van der Waals surface area contributed by atoms with Gasteiger partial charge in [0.2, 0.25) is 5.91 Å². The van der Waals surface area contributed by atoms with Crippen LogP contribution < -0.4 is 5.73 Å². The highest BCUT2D eigenvalue weighted by Crippen LogP contribution is 2.06. The molecule has 0 unspecified atom stereocenters. The minimum absolute atomic E-state index is 0.257. The summed E-state index contributed by atoms with van der Waals surface area (Å²) in [4.78, 5) is 16.2. The van der Waals surface area contributed by atoms with E-state index in [1.807, 2.05) is 24.8 Å². The van der Waals surface area contributed by atoms with E-state index in [1.165, 1.54) is 5.56 Å². The lowest BCUT2D eigenvalue weighted by Crippen LogP contribution is -2.33. The molecule has 21 heavy (non-hydrogen) atoms. The first-order chi connectivity index (χ1) is 10.2. The second-order valence-corrected chi connectivity index (χ2v) is 5.22. The predicted molar refractivity (Wildman–Crippen MR) is 87.9 cm³/mol. The summed E-state index contributed by atoms with van der Waals surface area (Å²) in [6.07, 6.45) is 1.51. The fourth-order valence-corrected chi connectivity index (χ4v) is 2.48. The van der Waals surface area contributed by atoms with Crippen LogP contribution in [-0.4, -0.2) is 48.4 Å². The number of carbonyl (C=O) groups excluding carboxylic acids is 1. The Bertz CT molecular complexity index is 390. The molecule has 0 heterocycles. The van der Waals surface area contributed by atoms with Crippen molar-refractivity contribution in [2.75, 3.05) is 32.7 Å². The lowest BCUT2D eigenvalue weighted by Gasteiger charge is -2.23. The average molecular weight is 291 g/mol. The van der Waals surface area contributed by atoms with Crippen LogP contribution >= 0.6 is 0 Å². The molecular weight excluding hydrogens is 262 g/mol. The van der Waals surface area contributed by atoms with Gasteiger partial charge in [0.25, 0.3) is 0 Å². The van der Waals surface area contributed by atoms with E-state index in [9.17, 15) is 4.79 Å². The van der Waals surface area contributed by atoms with Gasteiger partial charge in [-0.25, -0.2) is 0 Å². The fraction of sp³-hybridized carbons (Fsp3) is 0.588. The van der Waals surface area contributed by atoms with Crippen LogP contribution in [0.2, 0.25) is 0 Å². The minimum Gasteiger partial charge on any atom is -0.343 e. The molecule has 1 aromatic carbocycles. The molecule has 0 atom stereocenters. The maximum atomic E-state index is 12.0. The second kappa shape index (κ2) is 10.4. The summed E-state index contributed by atoms with van der Waals surface area (Å²) in [5.41, 5.74) is 6.98. The van der Waals surface area contributed by atoms with Crippen molar-refractivity contribution in [1.82, 2.24) is 9.80 Å². The van der Waals surface area contributed by atoms with Gasteiger partial charge < -0.3 is 10.6 Å². The molecule has 1 aromatic rings. The number of nitrogens with two attached hydrogens (primary N) is 1. The van der Waals surface area contributed by atoms with Crippen LogP contribution in [0, 0.1) is 0 Å². The van der Waals surface area contributed by atoms with E-state index in [-0.39, 0.29) is 5.91 Å². The maximum absolute atomic E-state index is 12.0. The van der Waals surface area contributed by atoms with Crippen LogP contribution in [0.4, 0.5) is 0 Å². The van der Waals surface area contributed by atoms with E-state index >= 15 is 0 Å². The normalized spacial score (nSPS) is 10.9. The summed E-state index contributed by atoms with van der Waals surface area (Å²) in [7, 11) is 0. The molecule has 0 aliphatic heterocycles. The van der Waals surface area contributed by atoms with Gasteiger partial charge in [0, 0.05) is 39.1 Å². The molecule has 0 bridgehead atoms. The van der Waals surface area contributed by atoms with E-state index in [1.54, 1.807) is 0 Å². The molecular formula is C17H29N3O. The number of benzene rings is 1. The van der Waals surface area contributed by atoms with Gasteiger partial charge in [-0.15, -0.1) is 0 Å². The first kappa shape index (κ1) is 17.7. The topological polar surface area (TPSA) is 49.6 Å². The van der Waals surface area contributed by atoms with E-state index in [2.05, 4.69) is 29.2 Å². The molecule has 0 fully saturated rings. The molecule has 0 spiro atoms. The van der Waals surface area contributed by atoms with Crippen molar-refractivity contribution in [3.8, 4) is 0 Å². The largest absolute Gasteiger partial charge is 0.343 e. The van der Waals surface area contributed by atoms with Crippen LogP contribution in [-0.2, 0) is 11.3 Å². The number of carbonyl (C=O) groups is 1. The van der Waals surface area contributed by atoms with E-state index in [0.717, 1.165) is 39.1 Å². The lowest BCUT2D eigenvalue weighted by molar-refractivity contribution is -0.130. The van der Waals surface area contributed by atoms with E-state index in [4.69, 9.17) is 5.73 Å². The van der Waals surface area contributed by atoms with Crippen LogP contribution in [0.25, 0.3) is 0 Å². The van der Waals surface area contributed by atoms with Crippen molar-refractivity contribution in [3.05, 3.63) is 35.9 Å². The second-order valence-electron chi connectivity index (χ2n) is 5.22. The highest BCUT2D eigenvalue weighted by Gasteiger charge is 2.10. The van der Waals surface area contributed by atoms with Crippen LogP contribution in [0.15, 0.2) is 30.3 Å². The predicted octanol–water partition coefficient (Wildman–Crippen LogP) is 2.10.